The number of alkyl halides is 3. The third-order valence-electron chi connectivity index (χ3n) is 3.42. The molecule has 0 radical (unpaired) electrons. The van der Waals surface area contributed by atoms with Gasteiger partial charge in [-0.1, -0.05) is 64.7 Å². The molecular formula is C15H30F3NO. The number of unbranched alkanes of at least 4 members (excludes halogenated alkanes) is 9. The largest absolute Gasteiger partial charge is 0.415 e. The van der Waals surface area contributed by atoms with Crippen molar-refractivity contribution in [3.05, 3.63) is 0 Å². The maximum atomic E-state index is 12.0. The zero-order valence-corrected chi connectivity index (χ0v) is 12.6. The molecule has 20 heavy (non-hydrogen) atoms. The second-order valence-electron chi connectivity index (χ2n) is 5.44. The molecule has 0 saturated carbocycles. The molecule has 0 aliphatic rings. The summed E-state index contributed by atoms with van der Waals surface area (Å²) in [6.07, 6.45) is 5.37. The summed E-state index contributed by atoms with van der Waals surface area (Å²) in [6.45, 7) is 2.35. The molecule has 5 heteroatoms. The monoisotopic (exact) mass is 297 g/mol. The third-order valence-corrected chi connectivity index (χ3v) is 3.42. The predicted molar refractivity (Wildman–Crippen MR) is 76.8 cm³/mol. The van der Waals surface area contributed by atoms with Crippen molar-refractivity contribution in [1.29, 1.82) is 0 Å². The SMILES string of the molecule is CCCCCCCCCCCCNCC(O)C(F)(F)F. The second-order valence-corrected chi connectivity index (χ2v) is 5.44. The summed E-state index contributed by atoms with van der Waals surface area (Å²) in [7, 11) is 0. The second kappa shape index (κ2) is 12.5. The molecule has 2 N–H and O–H groups in total. The van der Waals surface area contributed by atoms with Crippen molar-refractivity contribution < 1.29 is 18.3 Å². The van der Waals surface area contributed by atoms with E-state index in [2.05, 4.69) is 12.2 Å². The van der Waals surface area contributed by atoms with Gasteiger partial charge in [-0.25, -0.2) is 0 Å². The summed E-state index contributed by atoms with van der Waals surface area (Å²) in [5.41, 5.74) is 0. The molecular weight excluding hydrogens is 267 g/mol. The standard InChI is InChI=1S/C15H30F3NO/c1-2-3-4-5-6-7-8-9-10-11-12-19-13-14(20)15(16,17)18/h14,19-20H,2-13H2,1H3. The molecule has 0 aromatic carbocycles. The Labute approximate surface area is 121 Å². The molecule has 1 unspecified atom stereocenters. The molecule has 0 heterocycles. The predicted octanol–water partition coefficient (Wildman–Crippen LogP) is 4.42. The molecule has 2 nitrogen and oxygen atoms in total. The Kier molecular flexibility index (Phi) is 12.3. The lowest BCUT2D eigenvalue weighted by molar-refractivity contribution is -0.201. The number of hydrogen-bond acceptors (Lipinski definition) is 2. The van der Waals surface area contributed by atoms with E-state index in [1.54, 1.807) is 0 Å². The van der Waals surface area contributed by atoms with E-state index in [0.29, 0.717) is 6.54 Å². The van der Waals surface area contributed by atoms with E-state index in [1.807, 2.05) is 0 Å². The Hall–Kier alpha value is -0.290. The lowest BCUT2D eigenvalue weighted by Crippen LogP contribution is -2.38. The molecule has 0 aromatic heterocycles. The minimum absolute atomic E-state index is 0.402. The van der Waals surface area contributed by atoms with E-state index in [4.69, 9.17) is 5.11 Å². The van der Waals surface area contributed by atoms with Gasteiger partial charge in [0.15, 0.2) is 6.10 Å². The smallest absolute Gasteiger partial charge is 0.382 e. The van der Waals surface area contributed by atoms with Gasteiger partial charge in [-0.3, -0.25) is 0 Å². The number of aliphatic hydroxyl groups is 1. The maximum absolute atomic E-state index is 12.0. The van der Waals surface area contributed by atoms with Gasteiger partial charge in [0.05, 0.1) is 0 Å². The fourth-order valence-electron chi connectivity index (χ4n) is 2.09. The molecule has 0 saturated heterocycles. The van der Waals surface area contributed by atoms with Crippen LogP contribution in [0.4, 0.5) is 13.2 Å². The van der Waals surface area contributed by atoms with Gasteiger partial charge in [0.2, 0.25) is 0 Å². The van der Waals surface area contributed by atoms with Gasteiger partial charge < -0.3 is 10.4 Å². The molecule has 0 aliphatic heterocycles. The molecule has 0 amide bonds. The third kappa shape index (κ3) is 12.7. The van der Waals surface area contributed by atoms with Gasteiger partial charge in [0.25, 0.3) is 0 Å². The molecule has 0 fully saturated rings. The van der Waals surface area contributed by atoms with E-state index >= 15 is 0 Å². The molecule has 0 rings (SSSR count). The van der Waals surface area contributed by atoms with Crippen LogP contribution in [-0.4, -0.2) is 30.5 Å². The first-order valence-corrected chi connectivity index (χ1v) is 7.94. The van der Waals surface area contributed by atoms with E-state index in [1.165, 1.54) is 44.9 Å². The minimum Gasteiger partial charge on any atom is -0.382 e. The van der Waals surface area contributed by atoms with E-state index in [0.717, 1.165) is 19.3 Å². The molecule has 0 aromatic rings. The van der Waals surface area contributed by atoms with Crippen molar-refractivity contribution in [1.82, 2.24) is 5.32 Å². The van der Waals surface area contributed by atoms with Gasteiger partial charge in [-0.15, -0.1) is 0 Å². The topological polar surface area (TPSA) is 32.3 Å². The van der Waals surface area contributed by atoms with E-state index < -0.39 is 18.8 Å². The van der Waals surface area contributed by atoms with Crippen molar-refractivity contribution in [2.45, 2.75) is 83.4 Å². The Morgan fingerprint density at radius 2 is 1.30 bits per heavy atom. The first kappa shape index (κ1) is 19.7. The van der Waals surface area contributed by atoms with Gasteiger partial charge in [-0.2, -0.15) is 13.2 Å². The minimum atomic E-state index is -4.51. The Bertz CT molecular complexity index is 210. The van der Waals surface area contributed by atoms with Gasteiger partial charge in [0.1, 0.15) is 0 Å². The van der Waals surface area contributed by atoms with Crippen molar-refractivity contribution in [3.63, 3.8) is 0 Å². The van der Waals surface area contributed by atoms with Crippen LogP contribution in [-0.2, 0) is 0 Å². The van der Waals surface area contributed by atoms with Crippen LogP contribution >= 0.6 is 0 Å². The van der Waals surface area contributed by atoms with Gasteiger partial charge in [0, 0.05) is 6.54 Å². The van der Waals surface area contributed by atoms with Crippen molar-refractivity contribution in [3.8, 4) is 0 Å². The quantitative estimate of drug-likeness (QED) is 0.493. The summed E-state index contributed by atoms with van der Waals surface area (Å²) in [5, 5.41) is 11.4. The lowest BCUT2D eigenvalue weighted by atomic mass is 10.1. The number of rotatable bonds is 13. The average molecular weight is 297 g/mol. The van der Waals surface area contributed by atoms with Crippen LogP contribution in [0.5, 0.6) is 0 Å². The summed E-state index contributed by atoms with van der Waals surface area (Å²) in [4.78, 5) is 0. The highest BCUT2D eigenvalue weighted by molar-refractivity contribution is 4.67. The molecule has 122 valence electrons. The Morgan fingerprint density at radius 1 is 0.850 bits per heavy atom. The summed E-state index contributed by atoms with van der Waals surface area (Å²) >= 11 is 0. The lowest BCUT2D eigenvalue weighted by Gasteiger charge is -2.14. The van der Waals surface area contributed by atoms with E-state index in [-0.39, 0.29) is 0 Å². The molecule has 1 atom stereocenters. The molecule has 0 spiro atoms. The van der Waals surface area contributed by atoms with Crippen molar-refractivity contribution in [2.75, 3.05) is 13.1 Å². The number of hydrogen-bond donors (Lipinski definition) is 2. The Morgan fingerprint density at radius 3 is 1.75 bits per heavy atom. The van der Waals surface area contributed by atoms with E-state index in [9.17, 15) is 13.2 Å². The van der Waals surface area contributed by atoms with Crippen LogP contribution in [0.3, 0.4) is 0 Å². The van der Waals surface area contributed by atoms with Crippen molar-refractivity contribution in [2.24, 2.45) is 0 Å². The van der Waals surface area contributed by atoms with Crippen LogP contribution < -0.4 is 5.32 Å². The van der Waals surface area contributed by atoms with Gasteiger partial charge in [-0.05, 0) is 13.0 Å². The Balaban J connectivity index is 3.14. The van der Waals surface area contributed by atoms with Crippen LogP contribution in [0.15, 0.2) is 0 Å². The highest BCUT2D eigenvalue weighted by Gasteiger charge is 2.37. The van der Waals surface area contributed by atoms with Crippen LogP contribution in [0.2, 0.25) is 0 Å². The molecule has 0 aliphatic carbocycles. The first-order chi connectivity index (χ1) is 9.48. The zero-order chi connectivity index (χ0) is 15.3. The fraction of sp³-hybridized carbons (Fsp3) is 1.00. The fourth-order valence-corrected chi connectivity index (χ4v) is 2.09. The molecule has 0 bridgehead atoms. The highest BCUT2D eigenvalue weighted by Crippen LogP contribution is 2.19. The highest BCUT2D eigenvalue weighted by atomic mass is 19.4. The summed E-state index contributed by atoms with van der Waals surface area (Å²) in [6, 6.07) is 0. The first-order valence-electron chi connectivity index (χ1n) is 7.94. The summed E-state index contributed by atoms with van der Waals surface area (Å²) < 4.78 is 36.0. The van der Waals surface area contributed by atoms with Crippen molar-refractivity contribution >= 4 is 0 Å². The number of halogens is 3. The normalized spacial score (nSPS) is 13.7. The van der Waals surface area contributed by atoms with Crippen LogP contribution in [0.25, 0.3) is 0 Å². The maximum Gasteiger partial charge on any atom is 0.415 e. The number of nitrogens with one attached hydrogen (secondary N) is 1. The zero-order valence-electron chi connectivity index (χ0n) is 12.6. The van der Waals surface area contributed by atoms with Crippen LogP contribution in [0, 0.1) is 0 Å². The summed E-state index contributed by atoms with van der Waals surface area (Å²) in [5.74, 6) is 0. The van der Waals surface area contributed by atoms with Gasteiger partial charge >= 0.3 is 6.18 Å². The number of aliphatic hydroxyl groups excluding tert-OH is 1. The van der Waals surface area contributed by atoms with Crippen LogP contribution in [0.1, 0.15) is 71.1 Å². The average Bonchev–Trinajstić information content (AvgIpc) is 2.38.